The molecule has 0 atom stereocenters. The number of nitrogens with zero attached hydrogens (tertiary/aromatic N) is 1. The summed E-state index contributed by atoms with van der Waals surface area (Å²) < 4.78 is 25.4. The summed E-state index contributed by atoms with van der Waals surface area (Å²) in [7, 11) is 3.29. The van der Waals surface area contributed by atoms with Crippen molar-refractivity contribution in [3.05, 3.63) is 88.2 Å². The van der Waals surface area contributed by atoms with Gasteiger partial charge in [-0.1, -0.05) is 56.3 Å². The van der Waals surface area contributed by atoms with Crippen molar-refractivity contribution < 1.29 is 18.7 Å². The van der Waals surface area contributed by atoms with Gasteiger partial charge in [0, 0.05) is 25.2 Å². The lowest BCUT2D eigenvalue weighted by molar-refractivity contribution is 0.103. The van der Waals surface area contributed by atoms with Crippen LogP contribution < -0.4 is 4.74 Å². The van der Waals surface area contributed by atoms with Gasteiger partial charge >= 0.3 is 6.09 Å². The summed E-state index contributed by atoms with van der Waals surface area (Å²) in [6.07, 6.45) is -0.373. The summed E-state index contributed by atoms with van der Waals surface area (Å²) in [5.41, 5.74) is 6.56. The molecule has 0 spiro atoms. The topological polar surface area (TPSA) is 38.8 Å². The third-order valence-corrected chi connectivity index (χ3v) is 5.84. The van der Waals surface area contributed by atoms with Crippen molar-refractivity contribution in [3.63, 3.8) is 0 Å². The number of carbonyl (C=O) groups is 1. The van der Waals surface area contributed by atoms with E-state index in [1.54, 1.807) is 19.1 Å². The first-order valence-electron chi connectivity index (χ1n) is 11.1. The van der Waals surface area contributed by atoms with E-state index in [-0.39, 0.29) is 24.4 Å². The molecule has 0 aliphatic rings. The second-order valence-electron chi connectivity index (χ2n) is 8.72. The van der Waals surface area contributed by atoms with Crippen LogP contribution in [0.25, 0.3) is 11.1 Å². The normalized spacial score (nSPS) is 10.9. The molecule has 0 saturated heterocycles. The average molecular weight is 450 g/mol. The smallest absolute Gasteiger partial charge is 0.410 e. The fourth-order valence-corrected chi connectivity index (χ4v) is 3.88. The highest BCUT2D eigenvalue weighted by atomic mass is 19.1. The Morgan fingerprint density at radius 2 is 1.70 bits per heavy atom. The van der Waals surface area contributed by atoms with Gasteiger partial charge in [0.25, 0.3) is 0 Å². The van der Waals surface area contributed by atoms with Crippen LogP contribution in [-0.4, -0.2) is 25.2 Å². The Hall–Kier alpha value is -3.34. The minimum atomic E-state index is -0.373. The van der Waals surface area contributed by atoms with Crippen molar-refractivity contribution >= 4 is 6.09 Å². The van der Waals surface area contributed by atoms with Gasteiger partial charge in [-0.05, 0) is 59.2 Å². The van der Waals surface area contributed by atoms with E-state index in [9.17, 15) is 9.18 Å². The third kappa shape index (κ3) is 5.72. The predicted molar refractivity (Wildman–Crippen MR) is 130 cm³/mol. The van der Waals surface area contributed by atoms with Crippen molar-refractivity contribution in [1.29, 1.82) is 0 Å². The molecule has 0 bridgehead atoms. The summed E-state index contributed by atoms with van der Waals surface area (Å²) in [5, 5.41) is 0. The SMILES string of the molecule is COc1cc(F)c(C(C)C)cc1-c1cc(C)c(CN(C)C(=O)OCc2ccccc2)cc1C. The highest BCUT2D eigenvalue weighted by Crippen LogP contribution is 2.37. The monoisotopic (exact) mass is 449 g/mol. The van der Waals surface area contributed by atoms with Crippen LogP contribution in [0.4, 0.5) is 9.18 Å². The molecule has 0 saturated carbocycles. The number of methoxy groups -OCH3 is 1. The fourth-order valence-electron chi connectivity index (χ4n) is 3.88. The lowest BCUT2D eigenvalue weighted by Crippen LogP contribution is -2.27. The van der Waals surface area contributed by atoms with E-state index in [1.165, 1.54) is 6.07 Å². The standard InChI is InChI=1S/C28H32FNO3/c1-18(2)23-14-25(27(32-6)15-26(23)29)24-13-19(3)22(12-20(24)4)16-30(5)28(31)33-17-21-10-8-7-9-11-21/h7-15,18H,16-17H2,1-6H3. The maximum atomic E-state index is 14.5. The van der Waals surface area contributed by atoms with Crippen molar-refractivity contribution in [2.24, 2.45) is 0 Å². The molecule has 1 amide bonds. The first kappa shape index (κ1) is 24.3. The quantitative estimate of drug-likeness (QED) is 0.389. The molecule has 5 heteroatoms. The van der Waals surface area contributed by atoms with Gasteiger partial charge in [-0.15, -0.1) is 0 Å². The van der Waals surface area contributed by atoms with E-state index in [1.807, 2.05) is 64.1 Å². The van der Waals surface area contributed by atoms with Crippen LogP contribution in [0.1, 0.15) is 47.6 Å². The molecule has 4 nitrogen and oxygen atoms in total. The molecule has 33 heavy (non-hydrogen) atoms. The molecular weight excluding hydrogens is 417 g/mol. The van der Waals surface area contributed by atoms with E-state index >= 15 is 0 Å². The number of halogens is 1. The molecular formula is C28H32FNO3. The average Bonchev–Trinajstić information content (AvgIpc) is 2.79. The molecule has 174 valence electrons. The molecule has 3 rings (SSSR count). The van der Waals surface area contributed by atoms with E-state index in [0.29, 0.717) is 17.9 Å². The fraction of sp³-hybridized carbons (Fsp3) is 0.321. The second-order valence-corrected chi connectivity index (χ2v) is 8.72. The number of amides is 1. The molecule has 0 radical (unpaired) electrons. The maximum absolute atomic E-state index is 14.5. The van der Waals surface area contributed by atoms with Crippen molar-refractivity contribution in [3.8, 4) is 16.9 Å². The van der Waals surface area contributed by atoms with E-state index in [2.05, 4.69) is 12.1 Å². The Balaban J connectivity index is 1.82. The summed E-state index contributed by atoms with van der Waals surface area (Å²) in [5.74, 6) is 0.312. The second kappa shape index (κ2) is 10.5. The molecule has 0 aliphatic heterocycles. The number of carbonyl (C=O) groups excluding carboxylic acids is 1. The molecule has 3 aromatic carbocycles. The van der Waals surface area contributed by atoms with Crippen molar-refractivity contribution in [1.82, 2.24) is 4.90 Å². The molecule has 0 aromatic heterocycles. The van der Waals surface area contributed by atoms with E-state index < -0.39 is 0 Å². The third-order valence-electron chi connectivity index (χ3n) is 5.84. The molecule has 0 aliphatic carbocycles. The zero-order valence-electron chi connectivity index (χ0n) is 20.2. The van der Waals surface area contributed by atoms with Gasteiger partial charge in [0.05, 0.1) is 7.11 Å². The van der Waals surface area contributed by atoms with Crippen LogP contribution in [0, 0.1) is 19.7 Å². The van der Waals surface area contributed by atoms with Crippen LogP contribution in [0.2, 0.25) is 0 Å². The van der Waals surface area contributed by atoms with Gasteiger partial charge in [0.2, 0.25) is 0 Å². The first-order valence-corrected chi connectivity index (χ1v) is 11.1. The number of hydrogen-bond donors (Lipinski definition) is 0. The number of aryl methyl sites for hydroxylation is 2. The minimum Gasteiger partial charge on any atom is -0.496 e. The lowest BCUT2D eigenvalue weighted by Gasteiger charge is -2.21. The molecule has 0 unspecified atom stereocenters. The van der Waals surface area contributed by atoms with E-state index in [0.717, 1.165) is 33.4 Å². The van der Waals surface area contributed by atoms with Gasteiger partial charge in [0.1, 0.15) is 18.2 Å². The molecule has 3 aromatic rings. The predicted octanol–water partition coefficient (Wildman–Crippen LogP) is 7.01. The summed E-state index contributed by atoms with van der Waals surface area (Å²) in [4.78, 5) is 14.0. The molecule has 0 heterocycles. The Morgan fingerprint density at radius 3 is 2.33 bits per heavy atom. The Bertz CT molecular complexity index is 1130. The van der Waals surface area contributed by atoms with Gasteiger partial charge in [-0.25, -0.2) is 9.18 Å². The highest BCUT2D eigenvalue weighted by Gasteiger charge is 2.18. The largest absolute Gasteiger partial charge is 0.496 e. The van der Waals surface area contributed by atoms with Crippen molar-refractivity contribution in [2.45, 2.75) is 46.8 Å². The van der Waals surface area contributed by atoms with Gasteiger partial charge in [0.15, 0.2) is 0 Å². The number of hydrogen-bond acceptors (Lipinski definition) is 3. The Morgan fingerprint density at radius 1 is 1.00 bits per heavy atom. The summed E-state index contributed by atoms with van der Waals surface area (Å²) in [6, 6.07) is 17.1. The molecule has 0 N–H and O–H groups in total. The Labute approximate surface area is 196 Å². The van der Waals surface area contributed by atoms with Crippen LogP contribution in [0.3, 0.4) is 0 Å². The van der Waals surface area contributed by atoms with Gasteiger partial charge in [-0.3, -0.25) is 0 Å². The first-order chi connectivity index (χ1) is 15.7. The van der Waals surface area contributed by atoms with Crippen LogP contribution in [0.5, 0.6) is 5.75 Å². The van der Waals surface area contributed by atoms with Crippen LogP contribution in [-0.2, 0) is 17.9 Å². The van der Waals surface area contributed by atoms with Crippen LogP contribution in [0.15, 0.2) is 54.6 Å². The number of ether oxygens (including phenoxy) is 2. The molecule has 0 fully saturated rings. The van der Waals surface area contributed by atoms with Gasteiger partial charge < -0.3 is 14.4 Å². The highest BCUT2D eigenvalue weighted by molar-refractivity contribution is 5.75. The maximum Gasteiger partial charge on any atom is 0.410 e. The minimum absolute atomic E-state index is 0.0610. The Kier molecular flexibility index (Phi) is 7.75. The number of rotatable bonds is 7. The van der Waals surface area contributed by atoms with E-state index in [4.69, 9.17) is 9.47 Å². The summed E-state index contributed by atoms with van der Waals surface area (Å²) >= 11 is 0. The van der Waals surface area contributed by atoms with Gasteiger partial charge in [-0.2, -0.15) is 0 Å². The zero-order chi connectivity index (χ0) is 24.1. The lowest BCUT2D eigenvalue weighted by atomic mass is 9.91. The van der Waals surface area contributed by atoms with Crippen LogP contribution >= 0.6 is 0 Å². The summed E-state index contributed by atoms with van der Waals surface area (Å²) in [6.45, 7) is 8.65. The number of benzene rings is 3. The zero-order valence-corrected chi connectivity index (χ0v) is 20.2. The van der Waals surface area contributed by atoms with Crippen molar-refractivity contribution in [2.75, 3.05) is 14.2 Å².